The minimum absolute atomic E-state index is 0.0483. The maximum Gasteiger partial charge on any atom is 0.240 e. The summed E-state index contributed by atoms with van der Waals surface area (Å²) < 4.78 is 0. The highest BCUT2D eigenvalue weighted by molar-refractivity contribution is 6.11. The van der Waals surface area contributed by atoms with Crippen molar-refractivity contribution in [2.45, 2.75) is 12.8 Å². The van der Waals surface area contributed by atoms with Crippen molar-refractivity contribution in [3.05, 3.63) is 108 Å². The van der Waals surface area contributed by atoms with Crippen LogP contribution in [0.15, 0.2) is 102 Å². The third-order valence-electron chi connectivity index (χ3n) is 4.24. The normalized spacial score (nSPS) is 11.3. The number of amides is 2. The maximum atomic E-state index is 12.2. The van der Waals surface area contributed by atoms with E-state index in [1.165, 1.54) is 0 Å². The van der Waals surface area contributed by atoms with Crippen molar-refractivity contribution in [1.82, 2.24) is 5.43 Å². The Morgan fingerprint density at radius 3 is 1.97 bits per heavy atom. The first kappa shape index (κ1) is 20.7. The van der Waals surface area contributed by atoms with Crippen molar-refractivity contribution in [1.29, 1.82) is 0 Å². The first-order valence-corrected chi connectivity index (χ1v) is 9.71. The first-order valence-electron chi connectivity index (χ1n) is 9.71. The molecule has 3 aromatic carbocycles. The summed E-state index contributed by atoms with van der Waals surface area (Å²) in [6, 6.07) is 28.6. The lowest BCUT2D eigenvalue weighted by molar-refractivity contribution is -0.124. The van der Waals surface area contributed by atoms with Crippen molar-refractivity contribution in [2.75, 3.05) is 5.32 Å². The van der Waals surface area contributed by atoms with Crippen LogP contribution in [0.2, 0.25) is 0 Å². The molecule has 0 radical (unpaired) electrons. The van der Waals surface area contributed by atoms with Crippen LogP contribution in [-0.2, 0) is 9.59 Å². The van der Waals surface area contributed by atoms with Crippen molar-refractivity contribution in [2.24, 2.45) is 5.10 Å². The second kappa shape index (κ2) is 11.1. The van der Waals surface area contributed by atoms with Crippen LogP contribution in [0, 0.1) is 0 Å². The van der Waals surface area contributed by atoms with Crippen molar-refractivity contribution in [3.63, 3.8) is 0 Å². The number of para-hydroxylation sites is 1. The monoisotopic (exact) mass is 397 g/mol. The van der Waals surface area contributed by atoms with Gasteiger partial charge in [-0.05, 0) is 23.8 Å². The van der Waals surface area contributed by atoms with E-state index in [1.54, 1.807) is 12.1 Å². The first-order chi connectivity index (χ1) is 14.7. The van der Waals surface area contributed by atoms with Gasteiger partial charge in [0.15, 0.2) is 0 Å². The molecule has 3 rings (SSSR count). The van der Waals surface area contributed by atoms with E-state index >= 15 is 0 Å². The van der Waals surface area contributed by atoms with Crippen LogP contribution >= 0.6 is 0 Å². The van der Waals surface area contributed by atoms with Crippen LogP contribution in [0.4, 0.5) is 5.69 Å². The van der Waals surface area contributed by atoms with Gasteiger partial charge in [0.2, 0.25) is 11.8 Å². The van der Waals surface area contributed by atoms with Crippen LogP contribution in [0.5, 0.6) is 0 Å². The largest absolute Gasteiger partial charge is 0.326 e. The fourth-order valence-corrected chi connectivity index (χ4v) is 2.70. The van der Waals surface area contributed by atoms with Crippen LogP contribution in [0.3, 0.4) is 0 Å². The molecule has 0 unspecified atom stereocenters. The van der Waals surface area contributed by atoms with Gasteiger partial charge in [-0.1, -0.05) is 84.9 Å². The zero-order valence-electron chi connectivity index (χ0n) is 16.5. The second-order valence-corrected chi connectivity index (χ2v) is 6.56. The fraction of sp³-hybridized carbons (Fsp3) is 0.0800. The Morgan fingerprint density at radius 1 is 0.733 bits per heavy atom. The molecule has 0 fully saturated rings. The molecule has 30 heavy (non-hydrogen) atoms. The molecule has 5 heteroatoms. The number of rotatable bonds is 8. The smallest absolute Gasteiger partial charge is 0.240 e. The predicted octanol–water partition coefficient (Wildman–Crippen LogP) is 4.64. The number of carbonyl (C=O) groups excluding carboxylic acids is 2. The lowest BCUT2D eigenvalue weighted by atomic mass is 10.1. The molecule has 0 saturated heterocycles. The molecule has 0 bridgehead atoms. The van der Waals surface area contributed by atoms with Crippen LogP contribution in [0.25, 0.3) is 6.08 Å². The van der Waals surface area contributed by atoms with E-state index in [1.807, 2.05) is 91.0 Å². The molecule has 0 aromatic heterocycles. The minimum atomic E-state index is -0.320. The zero-order valence-corrected chi connectivity index (χ0v) is 16.5. The molecule has 0 spiro atoms. The Hall–Kier alpha value is -3.99. The summed E-state index contributed by atoms with van der Waals surface area (Å²) in [4.78, 5) is 24.2. The van der Waals surface area contributed by atoms with Gasteiger partial charge in [-0.15, -0.1) is 0 Å². The van der Waals surface area contributed by atoms with Crippen LogP contribution in [0.1, 0.15) is 24.0 Å². The summed E-state index contributed by atoms with van der Waals surface area (Å²) in [5.74, 6) is -0.535. The lowest BCUT2D eigenvalue weighted by Gasteiger charge is -2.06. The Balaban J connectivity index is 1.59. The fourth-order valence-electron chi connectivity index (χ4n) is 2.70. The third-order valence-corrected chi connectivity index (χ3v) is 4.24. The summed E-state index contributed by atoms with van der Waals surface area (Å²) in [6.45, 7) is 0. The average molecular weight is 397 g/mol. The van der Waals surface area contributed by atoms with Crippen molar-refractivity contribution in [3.8, 4) is 0 Å². The molecule has 0 aliphatic rings. The lowest BCUT2D eigenvalue weighted by Crippen LogP contribution is -2.22. The Labute approximate surface area is 176 Å². The summed E-state index contributed by atoms with van der Waals surface area (Å²) in [6.07, 6.45) is 3.92. The molecule has 0 aliphatic carbocycles. The molecule has 0 saturated carbocycles. The Bertz CT molecular complexity index is 1010. The van der Waals surface area contributed by atoms with Gasteiger partial charge < -0.3 is 5.32 Å². The summed E-state index contributed by atoms with van der Waals surface area (Å²) in [5, 5.41) is 7.03. The number of nitrogens with one attached hydrogen (secondary N) is 2. The number of allylic oxidation sites excluding steroid dienone is 1. The average Bonchev–Trinajstić information content (AvgIpc) is 2.79. The van der Waals surface area contributed by atoms with Gasteiger partial charge in [0, 0.05) is 24.1 Å². The SMILES string of the molecule is O=C(CCC(=O)Nc1ccccc1)NN=C(C=Cc1ccccc1)c1ccccc1. The highest BCUT2D eigenvalue weighted by Gasteiger charge is 2.07. The number of benzene rings is 3. The molecule has 2 N–H and O–H groups in total. The van der Waals surface area contributed by atoms with E-state index in [-0.39, 0.29) is 24.7 Å². The van der Waals surface area contributed by atoms with Crippen LogP contribution in [-0.4, -0.2) is 17.5 Å². The standard InChI is InChI=1S/C25H23N3O2/c29-24(26-22-14-8-3-9-15-22)18-19-25(30)28-27-23(21-12-6-2-7-13-21)17-16-20-10-4-1-5-11-20/h1-17H,18-19H2,(H,26,29)(H,28,30). The van der Waals surface area contributed by atoms with E-state index in [2.05, 4.69) is 15.8 Å². The number of hydrogen-bond donors (Lipinski definition) is 2. The molecule has 2 amide bonds. The molecular weight excluding hydrogens is 374 g/mol. The Morgan fingerprint density at radius 2 is 1.30 bits per heavy atom. The summed E-state index contributed by atoms with van der Waals surface area (Å²) in [5.41, 5.74) is 5.80. The van der Waals surface area contributed by atoms with Gasteiger partial charge in [-0.25, -0.2) is 5.43 Å². The molecule has 3 aromatic rings. The van der Waals surface area contributed by atoms with Gasteiger partial charge in [0.25, 0.3) is 0 Å². The van der Waals surface area contributed by atoms with Crippen LogP contribution < -0.4 is 10.7 Å². The van der Waals surface area contributed by atoms with Crippen molar-refractivity contribution >= 4 is 29.3 Å². The van der Waals surface area contributed by atoms with E-state index in [0.29, 0.717) is 11.4 Å². The highest BCUT2D eigenvalue weighted by atomic mass is 16.2. The molecule has 0 aliphatic heterocycles. The van der Waals surface area contributed by atoms with Crippen molar-refractivity contribution < 1.29 is 9.59 Å². The van der Waals surface area contributed by atoms with E-state index < -0.39 is 0 Å². The number of carbonyl (C=O) groups is 2. The zero-order chi connectivity index (χ0) is 21.0. The third kappa shape index (κ3) is 6.87. The molecule has 0 atom stereocenters. The van der Waals surface area contributed by atoms with E-state index in [9.17, 15) is 9.59 Å². The molecule has 150 valence electrons. The van der Waals surface area contributed by atoms with Gasteiger partial charge >= 0.3 is 0 Å². The van der Waals surface area contributed by atoms with E-state index in [4.69, 9.17) is 0 Å². The second-order valence-electron chi connectivity index (χ2n) is 6.56. The maximum absolute atomic E-state index is 12.2. The minimum Gasteiger partial charge on any atom is -0.326 e. The number of anilines is 1. The topological polar surface area (TPSA) is 70.6 Å². The molecular formula is C25H23N3O2. The quantitative estimate of drug-likeness (QED) is 0.429. The number of nitrogens with zero attached hydrogens (tertiary/aromatic N) is 1. The predicted molar refractivity (Wildman–Crippen MR) is 121 cm³/mol. The van der Waals surface area contributed by atoms with Gasteiger partial charge in [-0.3, -0.25) is 9.59 Å². The van der Waals surface area contributed by atoms with Gasteiger partial charge in [-0.2, -0.15) is 5.10 Å². The van der Waals surface area contributed by atoms with E-state index in [0.717, 1.165) is 11.1 Å². The summed E-state index contributed by atoms with van der Waals surface area (Å²) in [7, 11) is 0. The molecule has 5 nitrogen and oxygen atoms in total. The number of hydrazone groups is 1. The number of hydrogen-bond acceptors (Lipinski definition) is 3. The Kier molecular flexibility index (Phi) is 7.69. The van der Waals surface area contributed by atoms with Gasteiger partial charge in [0.1, 0.15) is 0 Å². The highest BCUT2D eigenvalue weighted by Crippen LogP contribution is 2.08. The van der Waals surface area contributed by atoms with Gasteiger partial charge in [0.05, 0.1) is 5.71 Å². The molecule has 0 heterocycles. The summed E-state index contributed by atoms with van der Waals surface area (Å²) >= 11 is 0.